The molecule has 2 fully saturated rings. The quantitative estimate of drug-likeness (QED) is 0.138. The van der Waals surface area contributed by atoms with Gasteiger partial charge in [0.2, 0.25) is 11.8 Å². The summed E-state index contributed by atoms with van der Waals surface area (Å²) < 4.78 is 12.5. The second kappa shape index (κ2) is 17.9. The van der Waals surface area contributed by atoms with E-state index in [0.717, 1.165) is 5.56 Å². The summed E-state index contributed by atoms with van der Waals surface area (Å²) in [5.41, 5.74) is 1.71. The Bertz CT molecular complexity index is 2090. The zero-order valence-corrected chi connectivity index (χ0v) is 34.5. The van der Waals surface area contributed by atoms with E-state index in [2.05, 4.69) is 31.1 Å². The first-order valence-corrected chi connectivity index (χ1v) is 19.9. The fourth-order valence-corrected chi connectivity index (χ4v) is 7.59. The number of carbonyl (C=O) groups excluding carboxylic acids is 4. The van der Waals surface area contributed by atoms with Crippen molar-refractivity contribution in [3.8, 4) is 5.69 Å². The molecule has 3 atom stereocenters. The first-order valence-electron chi connectivity index (χ1n) is 19.5. The summed E-state index contributed by atoms with van der Waals surface area (Å²) >= 11 is 6.39. The zero-order valence-electron chi connectivity index (χ0n) is 33.7. The van der Waals surface area contributed by atoms with Crippen molar-refractivity contribution < 1.29 is 28.7 Å². The highest BCUT2D eigenvalue weighted by atomic mass is 35.5. The van der Waals surface area contributed by atoms with E-state index in [-0.39, 0.29) is 36.4 Å². The minimum absolute atomic E-state index is 0.0485. The van der Waals surface area contributed by atoms with Gasteiger partial charge in [-0.2, -0.15) is 4.68 Å². The van der Waals surface area contributed by atoms with Crippen molar-refractivity contribution >= 4 is 47.2 Å². The van der Waals surface area contributed by atoms with Gasteiger partial charge in [0.15, 0.2) is 0 Å². The van der Waals surface area contributed by atoms with Crippen LogP contribution in [0.1, 0.15) is 88.2 Å². The molecule has 15 heteroatoms. The van der Waals surface area contributed by atoms with Gasteiger partial charge in [-0.05, 0) is 125 Å². The van der Waals surface area contributed by atoms with Crippen molar-refractivity contribution in [2.24, 2.45) is 0 Å². The van der Waals surface area contributed by atoms with Crippen molar-refractivity contribution in [2.75, 3.05) is 25.0 Å². The summed E-state index contributed by atoms with van der Waals surface area (Å²) in [4.78, 5) is 58.4. The van der Waals surface area contributed by atoms with Gasteiger partial charge in [0, 0.05) is 60.0 Å². The topological polar surface area (TPSA) is 161 Å². The van der Waals surface area contributed by atoms with E-state index < -0.39 is 29.3 Å². The summed E-state index contributed by atoms with van der Waals surface area (Å²) in [6, 6.07) is 20.4. The Balaban J connectivity index is 1.30. The molecule has 1 aromatic heterocycles. The molecule has 4 aromatic rings. The van der Waals surface area contributed by atoms with Crippen LogP contribution in [-0.4, -0.2) is 103 Å². The number of hydrogen-bond acceptors (Lipinski definition) is 10. The number of benzene rings is 3. The van der Waals surface area contributed by atoms with E-state index in [0.29, 0.717) is 59.9 Å². The Labute approximate surface area is 343 Å². The van der Waals surface area contributed by atoms with Crippen LogP contribution in [0.25, 0.3) is 11.8 Å². The van der Waals surface area contributed by atoms with Gasteiger partial charge in [0.1, 0.15) is 23.6 Å². The summed E-state index contributed by atoms with van der Waals surface area (Å²) in [6.45, 7) is 12.6. The van der Waals surface area contributed by atoms with Gasteiger partial charge in [-0.25, -0.2) is 9.59 Å². The average Bonchev–Trinajstić information content (AvgIpc) is 3.71. The number of hydrogen-bond donors (Lipinski definition) is 2. The third-order valence-electron chi connectivity index (χ3n) is 9.97. The molecule has 2 aliphatic rings. The van der Waals surface area contributed by atoms with Crippen molar-refractivity contribution in [1.82, 2.24) is 35.3 Å². The van der Waals surface area contributed by atoms with E-state index in [4.69, 9.17) is 21.1 Å². The summed E-state index contributed by atoms with van der Waals surface area (Å²) in [7, 11) is 0. The minimum Gasteiger partial charge on any atom is -0.456 e. The third kappa shape index (κ3) is 11.1. The molecule has 6 rings (SSSR count). The number of rotatable bonds is 9. The molecular weight excluding hydrogens is 760 g/mol. The number of esters is 1. The Morgan fingerprint density at radius 1 is 0.879 bits per heavy atom. The fraction of sp³-hybridized carbons (Fsp3) is 0.419. The second-order valence-corrected chi connectivity index (χ2v) is 17.1. The number of halogens is 1. The van der Waals surface area contributed by atoms with Crippen molar-refractivity contribution in [2.45, 2.75) is 96.1 Å². The van der Waals surface area contributed by atoms with Gasteiger partial charge in [0.05, 0.1) is 11.3 Å². The molecule has 3 heterocycles. The molecule has 14 nitrogen and oxygen atoms in total. The maximum absolute atomic E-state index is 14.6. The maximum atomic E-state index is 14.6. The largest absolute Gasteiger partial charge is 0.456 e. The zero-order chi connectivity index (χ0) is 41.6. The first-order chi connectivity index (χ1) is 27.5. The molecular formula is C43H51ClN8O6. The molecule has 3 amide bonds. The highest BCUT2D eigenvalue weighted by Gasteiger charge is 2.45. The second-order valence-electron chi connectivity index (χ2n) is 16.7. The number of anilines is 1. The number of alkyl carbamates (subject to hydrolysis) is 1. The van der Waals surface area contributed by atoms with E-state index in [1.807, 2.05) is 51.1 Å². The number of carbonyl (C=O) groups is 4. The molecule has 58 heavy (non-hydrogen) atoms. The summed E-state index contributed by atoms with van der Waals surface area (Å²) in [5, 5.41) is 18.0. The van der Waals surface area contributed by atoms with Crippen LogP contribution in [0.2, 0.25) is 5.02 Å². The van der Waals surface area contributed by atoms with Gasteiger partial charge in [-0.3, -0.25) is 14.5 Å². The summed E-state index contributed by atoms with van der Waals surface area (Å²) in [5.74, 6) is -1.57. The number of aromatic nitrogens is 4. The van der Waals surface area contributed by atoms with Gasteiger partial charge in [-0.15, -0.1) is 5.10 Å². The Morgan fingerprint density at radius 2 is 1.57 bits per heavy atom. The lowest BCUT2D eigenvalue weighted by Crippen LogP contribution is -2.61. The smallest absolute Gasteiger partial charge is 0.407 e. The first kappa shape index (κ1) is 42.0. The van der Waals surface area contributed by atoms with E-state index in [1.54, 1.807) is 74.2 Å². The van der Waals surface area contributed by atoms with Crippen molar-refractivity contribution in [3.63, 3.8) is 0 Å². The predicted octanol–water partition coefficient (Wildman–Crippen LogP) is 6.67. The lowest BCUT2D eigenvalue weighted by molar-refractivity contribution is -0.139. The van der Waals surface area contributed by atoms with Crippen LogP contribution in [0, 0.1) is 0 Å². The minimum atomic E-state index is -0.897. The Morgan fingerprint density at radius 3 is 2.21 bits per heavy atom. The van der Waals surface area contributed by atoms with Crippen LogP contribution in [-0.2, 0) is 19.1 Å². The Hall–Kier alpha value is -5.60. The van der Waals surface area contributed by atoms with Crippen LogP contribution in [0.15, 0.2) is 85.2 Å². The molecule has 2 saturated heterocycles. The number of ether oxygens (including phenoxy) is 2. The standard InChI is InChI=1S/C43H51ClN8O6/c1-42(2,3)57-40(55)29-12-16-32(17-13-29)46-39(54)38-35(28-10-8-7-9-11-28)25-34(50-22-20-33(21-23-50)47-41(56)58-43(4,5)6)26-51(38)37(53)19-14-30-24-31(44)15-18-36(30)52-27-45-48-49-52/h7-19,24,27,33-35,38H,20-23,25-26H2,1-6H3,(H,46,54)(H,47,56)/b19-14+/t34-,35-,38-/m0/s1. The van der Waals surface area contributed by atoms with Gasteiger partial charge in [-0.1, -0.05) is 41.9 Å². The van der Waals surface area contributed by atoms with Gasteiger partial charge in [0.25, 0.3) is 0 Å². The average molecular weight is 811 g/mol. The van der Waals surface area contributed by atoms with Crippen LogP contribution in [0.5, 0.6) is 0 Å². The Kier molecular flexibility index (Phi) is 13.0. The molecule has 2 aliphatic heterocycles. The van der Waals surface area contributed by atoms with E-state index in [1.165, 1.54) is 17.1 Å². The number of nitrogens with zero attached hydrogens (tertiary/aromatic N) is 6. The van der Waals surface area contributed by atoms with Crippen LogP contribution in [0.3, 0.4) is 0 Å². The van der Waals surface area contributed by atoms with Gasteiger partial charge < -0.3 is 25.0 Å². The molecule has 0 radical (unpaired) electrons. The van der Waals surface area contributed by atoms with Crippen LogP contribution < -0.4 is 10.6 Å². The molecule has 0 unspecified atom stereocenters. The highest BCUT2D eigenvalue weighted by Crippen LogP contribution is 2.37. The molecule has 0 aliphatic carbocycles. The molecule has 2 N–H and O–H groups in total. The third-order valence-corrected chi connectivity index (χ3v) is 10.2. The molecule has 306 valence electrons. The number of likely N-dealkylation sites (tertiary alicyclic amines) is 2. The molecule has 0 bridgehead atoms. The van der Waals surface area contributed by atoms with Crippen LogP contribution in [0.4, 0.5) is 10.5 Å². The summed E-state index contributed by atoms with van der Waals surface area (Å²) in [6.07, 6.45) is 6.15. The van der Waals surface area contributed by atoms with E-state index >= 15 is 0 Å². The van der Waals surface area contributed by atoms with Crippen LogP contribution >= 0.6 is 11.6 Å². The SMILES string of the molecule is CC(C)(C)OC(=O)NC1CCN([C@H]2C[C@@H](c3ccccc3)[C@@H](C(=O)Nc3ccc(C(=O)OC(C)(C)C)cc3)N(C(=O)/C=C/c3cc(Cl)ccc3-n3cnnn3)C2)CC1. The number of amides is 3. The van der Waals surface area contributed by atoms with E-state index in [9.17, 15) is 19.2 Å². The molecule has 3 aromatic carbocycles. The van der Waals surface area contributed by atoms with Crippen molar-refractivity contribution in [1.29, 1.82) is 0 Å². The molecule has 0 saturated carbocycles. The number of tetrazole rings is 1. The maximum Gasteiger partial charge on any atom is 0.407 e. The highest BCUT2D eigenvalue weighted by molar-refractivity contribution is 6.30. The number of nitrogens with one attached hydrogen (secondary N) is 2. The predicted molar refractivity (Wildman–Crippen MR) is 220 cm³/mol. The lowest BCUT2D eigenvalue weighted by Gasteiger charge is -2.48. The van der Waals surface area contributed by atoms with Crippen molar-refractivity contribution in [3.05, 3.63) is 107 Å². The molecule has 0 spiro atoms. The fourth-order valence-electron chi connectivity index (χ4n) is 7.41. The normalized spacial score (nSPS) is 19.4. The van der Waals surface area contributed by atoms with Gasteiger partial charge >= 0.3 is 12.1 Å². The lowest BCUT2D eigenvalue weighted by atomic mass is 9.79. The number of piperidine rings is 2. The monoisotopic (exact) mass is 810 g/mol.